The van der Waals surface area contributed by atoms with Gasteiger partial charge in [0, 0.05) is 11.6 Å². The Bertz CT molecular complexity index is 553. The molecule has 0 amide bonds. The summed E-state index contributed by atoms with van der Waals surface area (Å²) in [5.41, 5.74) is 9.39. The van der Waals surface area contributed by atoms with Crippen LogP contribution < -0.4 is 5.73 Å². The van der Waals surface area contributed by atoms with Gasteiger partial charge in [-0.25, -0.2) is 0 Å². The van der Waals surface area contributed by atoms with Crippen LogP contribution in [0.2, 0.25) is 0 Å². The van der Waals surface area contributed by atoms with Crippen molar-refractivity contribution >= 4 is 5.82 Å². The number of aromatic amines is 1. The maximum Gasteiger partial charge on any atom is 0.154 e. The van der Waals surface area contributed by atoms with Crippen LogP contribution in [0.25, 0.3) is 11.3 Å². The van der Waals surface area contributed by atoms with Gasteiger partial charge in [0.25, 0.3) is 0 Å². The molecule has 2 aromatic heterocycles. The Morgan fingerprint density at radius 1 is 1.32 bits per heavy atom. The van der Waals surface area contributed by atoms with Crippen molar-refractivity contribution in [2.45, 2.75) is 44.4 Å². The lowest BCUT2D eigenvalue weighted by atomic mass is 9.78. The Hall–Kier alpha value is -1.84. The Morgan fingerprint density at radius 2 is 2.11 bits per heavy atom. The molecule has 1 aliphatic rings. The summed E-state index contributed by atoms with van der Waals surface area (Å²) in [5.74, 6) is 0.563. The number of rotatable bonds is 3. The van der Waals surface area contributed by atoms with Gasteiger partial charge in [-0.05, 0) is 31.4 Å². The van der Waals surface area contributed by atoms with Gasteiger partial charge in [-0.15, -0.1) is 0 Å². The van der Waals surface area contributed by atoms with E-state index in [1.165, 1.54) is 31.4 Å². The molecule has 19 heavy (non-hydrogen) atoms. The highest BCUT2D eigenvalue weighted by Gasteiger charge is 2.38. The third-order valence-corrected chi connectivity index (χ3v) is 4.48. The van der Waals surface area contributed by atoms with Crippen molar-refractivity contribution in [2.24, 2.45) is 0 Å². The molecule has 3 N–H and O–H groups in total. The Kier molecular flexibility index (Phi) is 3.01. The molecule has 0 radical (unpaired) electrons. The molecule has 4 heteroatoms. The molecule has 3 rings (SSSR count). The molecule has 2 heterocycles. The van der Waals surface area contributed by atoms with Gasteiger partial charge in [-0.3, -0.25) is 10.1 Å². The number of aromatic nitrogens is 3. The predicted molar refractivity (Wildman–Crippen MR) is 76.7 cm³/mol. The Labute approximate surface area is 113 Å². The van der Waals surface area contributed by atoms with E-state index in [-0.39, 0.29) is 5.41 Å². The molecule has 1 aliphatic carbocycles. The van der Waals surface area contributed by atoms with Crippen molar-refractivity contribution in [1.82, 2.24) is 15.2 Å². The minimum absolute atomic E-state index is 0.206. The van der Waals surface area contributed by atoms with E-state index in [2.05, 4.69) is 22.1 Å². The van der Waals surface area contributed by atoms with Gasteiger partial charge in [-0.1, -0.05) is 25.8 Å². The molecule has 0 aliphatic heterocycles. The number of hydrogen-bond acceptors (Lipinski definition) is 3. The Morgan fingerprint density at radius 3 is 2.74 bits per heavy atom. The molecule has 1 saturated carbocycles. The predicted octanol–water partition coefficient (Wildman–Crippen LogP) is 3.28. The minimum Gasteiger partial charge on any atom is -0.382 e. The van der Waals surface area contributed by atoms with E-state index in [9.17, 15) is 0 Å². The second-order valence-electron chi connectivity index (χ2n) is 5.41. The average molecular weight is 256 g/mol. The van der Waals surface area contributed by atoms with Crippen LogP contribution >= 0.6 is 0 Å². The fourth-order valence-electron chi connectivity index (χ4n) is 3.34. The van der Waals surface area contributed by atoms with Crippen LogP contribution in [0.15, 0.2) is 24.4 Å². The van der Waals surface area contributed by atoms with E-state index in [0.717, 1.165) is 17.7 Å². The first-order valence-electron chi connectivity index (χ1n) is 7.02. The SMILES string of the molecule is CCC1(c2[nH]nc(N)c2-c2ccccn2)CCCC1. The van der Waals surface area contributed by atoms with Gasteiger partial charge in [0.15, 0.2) is 5.82 Å². The van der Waals surface area contributed by atoms with Crippen LogP contribution in [0.1, 0.15) is 44.7 Å². The van der Waals surface area contributed by atoms with Crippen LogP contribution in [0.4, 0.5) is 5.82 Å². The van der Waals surface area contributed by atoms with E-state index in [1.807, 2.05) is 18.2 Å². The van der Waals surface area contributed by atoms with Crippen molar-refractivity contribution in [2.75, 3.05) is 5.73 Å². The summed E-state index contributed by atoms with van der Waals surface area (Å²) in [7, 11) is 0. The average Bonchev–Trinajstić information content (AvgIpc) is 3.07. The second-order valence-corrected chi connectivity index (χ2v) is 5.41. The number of hydrogen-bond donors (Lipinski definition) is 2. The summed E-state index contributed by atoms with van der Waals surface area (Å²) in [4.78, 5) is 4.44. The lowest BCUT2D eigenvalue weighted by Crippen LogP contribution is -2.22. The van der Waals surface area contributed by atoms with Gasteiger partial charge in [0.2, 0.25) is 0 Å². The van der Waals surface area contributed by atoms with Gasteiger partial charge >= 0.3 is 0 Å². The first-order valence-corrected chi connectivity index (χ1v) is 7.02. The summed E-state index contributed by atoms with van der Waals surface area (Å²) < 4.78 is 0. The molecule has 1 fully saturated rings. The number of pyridine rings is 1. The van der Waals surface area contributed by atoms with E-state index >= 15 is 0 Å². The van der Waals surface area contributed by atoms with Crippen LogP contribution in [-0.2, 0) is 5.41 Å². The largest absolute Gasteiger partial charge is 0.382 e. The summed E-state index contributed by atoms with van der Waals surface area (Å²) >= 11 is 0. The van der Waals surface area contributed by atoms with Gasteiger partial charge in [0.05, 0.1) is 17.0 Å². The standard InChI is InChI=1S/C15H20N4/c1-2-15(8-4-5-9-15)13-12(14(16)19-18-13)11-7-3-6-10-17-11/h3,6-7,10H,2,4-5,8-9H2,1H3,(H3,16,18,19). The lowest BCUT2D eigenvalue weighted by molar-refractivity contribution is 0.412. The molecular weight excluding hydrogens is 236 g/mol. The van der Waals surface area contributed by atoms with Crippen molar-refractivity contribution in [3.05, 3.63) is 30.1 Å². The molecule has 0 aromatic carbocycles. The molecule has 0 spiro atoms. The van der Waals surface area contributed by atoms with Crippen LogP contribution in [0.5, 0.6) is 0 Å². The molecule has 2 aromatic rings. The van der Waals surface area contributed by atoms with Crippen LogP contribution in [0, 0.1) is 0 Å². The van der Waals surface area contributed by atoms with Crippen molar-refractivity contribution in [1.29, 1.82) is 0 Å². The summed E-state index contributed by atoms with van der Waals surface area (Å²) in [6, 6.07) is 5.92. The zero-order valence-electron chi connectivity index (χ0n) is 11.3. The van der Waals surface area contributed by atoms with Crippen LogP contribution in [0.3, 0.4) is 0 Å². The maximum absolute atomic E-state index is 6.07. The summed E-state index contributed by atoms with van der Waals surface area (Å²) in [6.07, 6.45) is 7.92. The Balaban J connectivity index is 2.13. The third-order valence-electron chi connectivity index (χ3n) is 4.48. The van der Waals surface area contributed by atoms with Gasteiger partial charge in [0.1, 0.15) is 0 Å². The maximum atomic E-state index is 6.07. The normalized spacial score (nSPS) is 17.7. The number of nitrogens with one attached hydrogen (secondary N) is 1. The molecule has 0 bridgehead atoms. The van der Waals surface area contributed by atoms with Crippen LogP contribution in [-0.4, -0.2) is 15.2 Å². The highest BCUT2D eigenvalue weighted by atomic mass is 15.2. The van der Waals surface area contributed by atoms with E-state index in [4.69, 9.17) is 5.73 Å². The topological polar surface area (TPSA) is 67.6 Å². The number of anilines is 1. The molecule has 0 atom stereocenters. The third kappa shape index (κ3) is 1.91. The quantitative estimate of drug-likeness (QED) is 0.885. The lowest BCUT2D eigenvalue weighted by Gasteiger charge is -2.27. The molecular formula is C15H20N4. The fourth-order valence-corrected chi connectivity index (χ4v) is 3.34. The second kappa shape index (κ2) is 4.68. The highest BCUT2D eigenvalue weighted by molar-refractivity contribution is 5.74. The molecule has 4 nitrogen and oxygen atoms in total. The first kappa shape index (κ1) is 12.2. The summed E-state index contributed by atoms with van der Waals surface area (Å²) in [5, 5.41) is 7.43. The van der Waals surface area contributed by atoms with E-state index in [0.29, 0.717) is 5.82 Å². The minimum atomic E-state index is 0.206. The molecule has 0 saturated heterocycles. The zero-order chi connectivity index (χ0) is 13.3. The first-order chi connectivity index (χ1) is 9.27. The molecule has 100 valence electrons. The smallest absolute Gasteiger partial charge is 0.154 e. The van der Waals surface area contributed by atoms with Gasteiger partial charge in [-0.2, -0.15) is 5.10 Å². The number of nitrogens with two attached hydrogens (primary N) is 1. The molecule has 0 unspecified atom stereocenters. The van der Waals surface area contributed by atoms with E-state index in [1.54, 1.807) is 6.20 Å². The van der Waals surface area contributed by atoms with Crippen molar-refractivity contribution < 1.29 is 0 Å². The summed E-state index contributed by atoms with van der Waals surface area (Å²) in [6.45, 7) is 2.25. The number of nitrogens with zero attached hydrogens (tertiary/aromatic N) is 2. The fraction of sp³-hybridized carbons (Fsp3) is 0.467. The van der Waals surface area contributed by atoms with Crippen molar-refractivity contribution in [3.8, 4) is 11.3 Å². The highest BCUT2D eigenvalue weighted by Crippen LogP contribution is 2.47. The van der Waals surface area contributed by atoms with Gasteiger partial charge < -0.3 is 5.73 Å². The zero-order valence-corrected chi connectivity index (χ0v) is 11.3. The van der Waals surface area contributed by atoms with E-state index < -0.39 is 0 Å². The number of nitrogen functional groups attached to an aromatic ring is 1. The number of H-pyrrole nitrogens is 1. The van der Waals surface area contributed by atoms with Crippen molar-refractivity contribution in [3.63, 3.8) is 0 Å². The monoisotopic (exact) mass is 256 g/mol.